The molecule has 2 aromatic rings. The Hall–Kier alpha value is -1.52. The fourth-order valence-corrected chi connectivity index (χ4v) is 2.71. The first-order chi connectivity index (χ1) is 8.88. The van der Waals surface area contributed by atoms with Gasteiger partial charge in [-0.15, -0.1) is 0 Å². The Morgan fingerprint density at radius 2 is 1.89 bits per heavy atom. The Morgan fingerprint density at radius 1 is 1.11 bits per heavy atom. The van der Waals surface area contributed by atoms with Crippen molar-refractivity contribution in [2.75, 3.05) is 44.2 Å². The van der Waals surface area contributed by atoms with E-state index in [1.165, 1.54) is 16.6 Å². The number of piperazine rings is 1. The standard InChI is InChI=1S/C14H20N4/c15-5-6-17-7-9-18(10-8-17)14-11-16-13-4-2-1-3-12(13)14/h1-4,11,16H,5-10,15H2. The molecule has 18 heavy (non-hydrogen) atoms. The summed E-state index contributed by atoms with van der Waals surface area (Å²) in [4.78, 5) is 8.25. The summed E-state index contributed by atoms with van der Waals surface area (Å²) < 4.78 is 0. The van der Waals surface area contributed by atoms with E-state index in [0.717, 1.165) is 39.3 Å². The summed E-state index contributed by atoms with van der Waals surface area (Å²) in [6, 6.07) is 8.49. The van der Waals surface area contributed by atoms with E-state index in [4.69, 9.17) is 5.73 Å². The zero-order valence-electron chi connectivity index (χ0n) is 10.6. The first-order valence-electron chi connectivity index (χ1n) is 6.62. The molecular formula is C14H20N4. The van der Waals surface area contributed by atoms with Gasteiger partial charge in [0.25, 0.3) is 0 Å². The fraction of sp³-hybridized carbons (Fsp3) is 0.429. The molecule has 0 radical (unpaired) electrons. The zero-order valence-corrected chi connectivity index (χ0v) is 10.6. The van der Waals surface area contributed by atoms with E-state index in [0.29, 0.717) is 0 Å². The van der Waals surface area contributed by atoms with E-state index >= 15 is 0 Å². The third-order valence-electron chi connectivity index (χ3n) is 3.73. The molecule has 1 saturated heterocycles. The normalized spacial score (nSPS) is 17.5. The van der Waals surface area contributed by atoms with Gasteiger partial charge in [0.05, 0.1) is 5.69 Å². The maximum atomic E-state index is 5.60. The molecule has 4 nitrogen and oxygen atoms in total. The molecule has 96 valence electrons. The fourth-order valence-electron chi connectivity index (χ4n) is 2.71. The predicted molar refractivity (Wildman–Crippen MR) is 76.0 cm³/mol. The van der Waals surface area contributed by atoms with Gasteiger partial charge in [-0.3, -0.25) is 4.90 Å². The second kappa shape index (κ2) is 5.00. The van der Waals surface area contributed by atoms with Crippen LogP contribution in [-0.2, 0) is 0 Å². The van der Waals surface area contributed by atoms with Crippen molar-refractivity contribution in [3.8, 4) is 0 Å². The molecule has 0 saturated carbocycles. The molecule has 0 aliphatic carbocycles. The van der Waals surface area contributed by atoms with E-state index in [1.807, 2.05) is 0 Å². The number of fused-ring (bicyclic) bond motifs is 1. The van der Waals surface area contributed by atoms with Crippen molar-refractivity contribution >= 4 is 16.6 Å². The minimum absolute atomic E-state index is 0.757. The van der Waals surface area contributed by atoms with Crippen molar-refractivity contribution in [1.82, 2.24) is 9.88 Å². The van der Waals surface area contributed by atoms with Gasteiger partial charge in [-0.05, 0) is 6.07 Å². The largest absolute Gasteiger partial charge is 0.367 e. The van der Waals surface area contributed by atoms with E-state index < -0.39 is 0 Å². The summed E-state index contributed by atoms with van der Waals surface area (Å²) in [5, 5.41) is 1.32. The predicted octanol–water partition coefficient (Wildman–Crippen LogP) is 1.25. The first-order valence-corrected chi connectivity index (χ1v) is 6.62. The third kappa shape index (κ3) is 2.09. The highest BCUT2D eigenvalue weighted by atomic mass is 15.3. The van der Waals surface area contributed by atoms with Crippen molar-refractivity contribution in [1.29, 1.82) is 0 Å². The van der Waals surface area contributed by atoms with Gasteiger partial charge in [-0.1, -0.05) is 18.2 Å². The maximum absolute atomic E-state index is 5.60. The number of anilines is 1. The molecule has 3 rings (SSSR count). The van der Waals surface area contributed by atoms with Gasteiger partial charge in [0.2, 0.25) is 0 Å². The monoisotopic (exact) mass is 244 g/mol. The number of para-hydroxylation sites is 1. The number of hydrogen-bond donors (Lipinski definition) is 2. The highest BCUT2D eigenvalue weighted by molar-refractivity contribution is 5.92. The Balaban J connectivity index is 1.76. The van der Waals surface area contributed by atoms with Crippen LogP contribution in [0.1, 0.15) is 0 Å². The van der Waals surface area contributed by atoms with Crippen LogP contribution in [0.15, 0.2) is 30.5 Å². The SMILES string of the molecule is NCCN1CCN(c2c[nH]c3ccccc23)CC1. The van der Waals surface area contributed by atoms with Gasteiger partial charge in [-0.25, -0.2) is 0 Å². The van der Waals surface area contributed by atoms with E-state index in [1.54, 1.807) is 0 Å². The Bertz CT molecular complexity index is 511. The van der Waals surface area contributed by atoms with Crippen molar-refractivity contribution < 1.29 is 0 Å². The van der Waals surface area contributed by atoms with Crippen molar-refractivity contribution in [3.05, 3.63) is 30.5 Å². The number of nitrogens with one attached hydrogen (secondary N) is 1. The van der Waals surface area contributed by atoms with Crippen LogP contribution < -0.4 is 10.6 Å². The molecule has 0 atom stereocenters. The summed E-state index contributed by atoms with van der Waals surface area (Å²) >= 11 is 0. The topological polar surface area (TPSA) is 48.3 Å². The van der Waals surface area contributed by atoms with Crippen LogP contribution in [0.25, 0.3) is 10.9 Å². The Labute approximate surface area is 107 Å². The number of aromatic nitrogens is 1. The second-order valence-electron chi connectivity index (χ2n) is 4.84. The van der Waals surface area contributed by atoms with Crippen LogP contribution in [0.4, 0.5) is 5.69 Å². The van der Waals surface area contributed by atoms with Crippen molar-refractivity contribution in [2.24, 2.45) is 5.73 Å². The molecule has 4 heteroatoms. The Kier molecular flexibility index (Phi) is 3.21. The van der Waals surface area contributed by atoms with Crippen LogP contribution >= 0.6 is 0 Å². The number of aromatic amines is 1. The number of nitrogens with zero attached hydrogens (tertiary/aromatic N) is 2. The molecule has 1 aliphatic heterocycles. The number of benzene rings is 1. The molecule has 2 heterocycles. The van der Waals surface area contributed by atoms with Crippen LogP contribution in [0.2, 0.25) is 0 Å². The van der Waals surface area contributed by atoms with Crippen molar-refractivity contribution in [2.45, 2.75) is 0 Å². The summed E-state index contributed by atoms with van der Waals surface area (Å²) in [5.74, 6) is 0. The number of H-pyrrole nitrogens is 1. The highest BCUT2D eigenvalue weighted by Crippen LogP contribution is 2.27. The summed E-state index contributed by atoms with van der Waals surface area (Å²) in [5.41, 5.74) is 8.15. The van der Waals surface area contributed by atoms with Gasteiger partial charge in [0.1, 0.15) is 0 Å². The molecule has 3 N–H and O–H groups in total. The van der Waals surface area contributed by atoms with Gasteiger partial charge < -0.3 is 15.6 Å². The number of rotatable bonds is 3. The minimum atomic E-state index is 0.757. The molecule has 1 fully saturated rings. The zero-order chi connectivity index (χ0) is 12.4. The smallest absolute Gasteiger partial charge is 0.0624 e. The maximum Gasteiger partial charge on any atom is 0.0624 e. The lowest BCUT2D eigenvalue weighted by molar-refractivity contribution is 0.265. The average Bonchev–Trinajstić information content (AvgIpc) is 2.84. The lowest BCUT2D eigenvalue weighted by atomic mass is 10.2. The molecule has 0 bridgehead atoms. The molecule has 1 aromatic carbocycles. The quantitative estimate of drug-likeness (QED) is 0.854. The molecule has 0 unspecified atom stereocenters. The van der Waals surface area contributed by atoms with Gasteiger partial charge >= 0.3 is 0 Å². The summed E-state index contributed by atoms with van der Waals surface area (Å²) in [7, 11) is 0. The molecule has 0 spiro atoms. The van der Waals surface area contributed by atoms with Gasteiger partial charge in [0, 0.05) is 56.4 Å². The lowest BCUT2D eigenvalue weighted by Crippen LogP contribution is -2.47. The second-order valence-corrected chi connectivity index (χ2v) is 4.84. The Morgan fingerprint density at radius 3 is 2.67 bits per heavy atom. The van der Waals surface area contributed by atoms with Crippen LogP contribution in [0, 0.1) is 0 Å². The molecular weight excluding hydrogens is 224 g/mol. The van der Waals surface area contributed by atoms with Gasteiger partial charge in [-0.2, -0.15) is 0 Å². The van der Waals surface area contributed by atoms with Gasteiger partial charge in [0.15, 0.2) is 0 Å². The highest BCUT2D eigenvalue weighted by Gasteiger charge is 2.18. The summed E-state index contributed by atoms with van der Waals surface area (Å²) in [6.07, 6.45) is 2.13. The first kappa shape index (κ1) is 11.6. The van der Waals surface area contributed by atoms with E-state index in [2.05, 4.69) is 45.2 Å². The molecule has 0 amide bonds. The van der Waals surface area contributed by atoms with Crippen LogP contribution in [0.3, 0.4) is 0 Å². The number of hydrogen-bond acceptors (Lipinski definition) is 3. The van der Waals surface area contributed by atoms with E-state index in [9.17, 15) is 0 Å². The van der Waals surface area contributed by atoms with Crippen LogP contribution in [0.5, 0.6) is 0 Å². The molecule has 1 aromatic heterocycles. The average molecular weight is 244 g/mol. The van der Waals surface area contributed by atoms with E-state index in [-0.39, 0.29) is 0 Å². The van der Waals surface area contributed by atoms with Crippen molar-refractivity contribution in [3.63, 3.8) is 0 Å². The van der Waals surface area contributed by atoms with Crippen LogP contribution in [-0.4, -0.2) is 49.2 Å². The third-order valence-corrected chi connectivity index (χ3v) is 3.73. The minimum Gasteiger partial charge on any atom is -0.367 e. The molecule has 1 aliphatic rings. The lowest BCUT2D eigenvalue weighted by Gasteiger charge is -2.35. The summed E-state index contributed by atoms with van der Waals surface area (Å²) in [6.45, 7) is 6.16. The number of nitrogens with two attached hydrogens (primary N) is 1.